The SMILES string of the molecule is Nc1nc(-c2c(O)cccc2OCC2CC2)cc(C2CCNCC2)c1COn1c(O)ccc1O. The zero-order valence-corrected chi connectivity index (χ0v) is 18.9. The average molecular weight is 467 g/mol. The summed E-state index contributed by atoms with van der Waals surface area (Å²) < 4.78 is 6.99. The van der Waals surface area contributed by atoms with E-state index in [9.17, 15) is 15.3 Å². The van der Waals surface area contributed by atoms with E-state index in [1.165, 1.54) is 25.0 Å². The van der Waals surface area contributed by atoms with Crippen LogP contribution in [-0.2, 0) is 6.61 Å². The van der Waals surface area contributed by atoms with E-state index in [1.54, 1.807) is 12.1 Å². The molecular formula is C25H30N4O5. The van der Waals surface area contributed by atoms with Crippen molar-refractivity contribution in [3.8, 4) is 34.5 Å². The maximum Gasteiger partial charge on any atom is 0.229 e. The van der Waals surface area contributed by atoms with E-state index in [1.807, 2.05) is 12.1 Å². The van der Waals surface area contributed by atoms with Crippen LogP contribution in [0, 0.1) is 5.92 Å². The minimum Gasteiger partial charge on any atom is -0.507 e. The lowest BCUT2D eigenvalue weighted by Crippen LogP contribution is -2.27. The van der Waals surface area contributed by atoms with Crippen LogP contribution in [0.15, 0.2) is 36.4 Å². The van der Waals surface area contributed by atoms with Gasteiger partial charge in [-0.05, 0) is 74.4 Å². The molecule has 2 fully saturated rings. The van der Waals surface area contributed by atoms with Crippen LogP contribution in [0.5, 0.6) is 23.3 Å². The highest BCUT2D eigenvalue weighted by atomic mass is 16.7. The molecule has 0 radical (unpaired) electrons. The first-order valence-corrected chi connectivity index (χ1v) is 11.7. The Kier molecular flexibility index (Phi) is 6.10. The van der Waals surface area contributed by atoms with Crippen molar-refractivity contribution in [1.82, 2.24) is 15.0 Å². The van der Waals surface area contributed by atoms with Crippen LogP contribution < -0.4 is 20.6 Å². The standard InChI is InChI=1S/C25H30N4O5/c26-25-18(14-34-29-22(31)6-7-23(29)32)17(16-8-10-27-11-9-16)12-19(28-25)24-20(30)2-1-3-21(24)33-13-15-4-5-15/h1-3,6-7,12,15-16,27,30-32H,4-5,8-11,13-14H2,(H2,26,28). The molecule has 2 aromatic heterocycles. The predicted molar refractivity (Wildman–Crippen MR) is 127 cm³/mol. The van der Waals surface area contributed by atoms with Crippen LogP contribution in [0.4, 0.5) is 5.82 Å². The fourth-order valence-electron chi connectivity index (χ4n) is 4.45. The number of rotatable bonds is 8. The van der Waals surface area contributed by atoms with Crippen molar-refractivity contribution in [2.75, 3.05) is 25.4 Å². The first-order valence-electron chi connectivity index (χ1n) is 11.7. The number of nitrogen functional groups attached to an aromatic ring is 1. The molecule has 1 saturated carbocycles. The maximum absolute atomic E-state index is 10.7. The zero-order valence-electron chi connectivity index (χ0n) is 18.9. The van der Waals surface area contributed by atoms with Gasteiger partial charge in [-0.3, -0.25) is 0 Å². The normalized spacial score (nSPS) is 16.5. The van der Waals surface area contributed by atoms with Gasteiger partial charge in [0.25, 0.3) is 0 Å². The number of pyridine rings is 1. The van der Waals surface area contributed by atoms with Gasteiger partial charge in [0, 0.05) is 17.7 Å². The second kappa shape index (κ2) is 9.34. The van der Waals surface area contributed by atoms with E-state index in [4.69, 9.17) is 15.3 Å². The summed E-state index contributed by atoms with van der Waals surface area (Å²) in [4.78, 5) is 10.3. The third kappa shape index (κ3) is 4.56. The molecule has 180 valence electrons. The molecule has 3 aromatic rings. The number of nitrogens with one attached hydrogen (secondary N) is 1. The minimum atomic E-state index is -0.212. The Balaban J connectivity index is 1.53. The lowest BCUT2D eigenvalue weighted by Gasteiger charge is -2.26. The maximum atomic E-state index is 10.7. The fourth-order valence-corrected chi connectivity index (χ4v) is 4.45. The summed E-state index contributed by atoms with van der Waals surface area (Å²) in [5.74, 6) is 1.31. The lowest BCUT2D eigenvalue weighted by atomic mass is 9.86. The number of benzene rings is 1. The summed E-state index contributed by atoms with van der Waals surface area (Å²) >= 11 is 0. The highest BCUT2D eigenvalue weighted by molar-refractivity contribution is 5.76. The van der Waals surface area contributed by atoms with Crippen LogP contribution in [0.1, 0.15) is 42.7 Å². The monoisotopic (exact) mass is 466 g/mol. The molecule has 9 nitrogen and oxygen atoms in total. The van der Waals surface area contributed by atoms with Gasteiger partial charge in [-0.2, -0.15) is 0 Å². The summed E-state index contributed by atoms with van der Waals surface area (Å²) in [6.45, 7) is 2.39. The average Bonchev–Trinajstić information content (AvgIpc) is 3.61. The van der Waals surface area contributed by atoms with E-state index in [0.717, 1.165) is 36.2 Å². The molecule has 3 heterocycles. The summed E-state index contributed by atoms with van der Waals surface area (Å²) in [6.07, 6.45) is 4.17. The number of ether oxygens (including phenoxy) is 1. The van der Waals surface area contributed by atoms with Crippen molar-refractivity contribution in [2.45, 2.75) is 38.2 Å². The number of nitrogens with two attached hydrogens (primary N) is 1. The summed E-state index contributed by atoms with van der Waals surface area (Å²) in [5, 5.41) is 34.0. The van der Waals surface area contributed by atoms with Gasteiger partial charge >= 0.3 is 0 Å². The largest absolute Gasteiger partial charge is 0.507 e. The molecule has 0 unspecified atom stereocenters. The Morgan fingerprint density at radius 2 is 1.76 bits per heavy atom. The van der Waals surface area contributed by atoms with Crippen molar-refractivity contribution in [1.29, 1.82) is 0 Å². The molecule has 5 rings (SSSR count). The first-order chi connectivity index (χ1) is 16.5. The van der Waals surface area contributed by atoms with Gasteiger partial charge in [0.15, 0.2) is 0 Å². The smallest absolute Gasteiger partial charge is 0.229 e. The molecule has 1 aliphatic heterocycles. The number of piperidine rings is 1. The number of hydrogen-bond acceptors (Lipinski definition) is 8. The van der Waals surface area contributed by atoms with Crippen molar-refractivity contribution >= 4 is 5.82 Å². The second-order valence-corrected chi connectivity index (χ2v) is 9.01. The lowest BCUT2D eigenvalue weighted by molar-refractivity contribution is 0.0639. The van der Waals surface area contributed by atoms with Gasteiger partial charge < -0.3 is 35.9 Å². The molecule has 0 spiro atoms. The van der Waals surface area contributed by atoms with Gasteiger partial charge in [-0.15, -0.1) is 4.73 Å². The van der Waals surface area contributed by atoms with Crippen LogP contribution in [0.3, 0.4) is 0 Å². The number of aromatic hydroxyl groups is 3. The molecule has 1 aliphatic carbocycles. The third-order valence-electron chi connectivity index (χ3n) is 6.54. The Morgan fingerprint density at radius 3 is 2.47 bits per heavy atom. The number of nitrogens with zero attached hydrogens (tertiary/aromatic N) is 2. The molecule has 2 aliphatic rings. The van der Waals surface area contributed by atoms with Gasteiger partial charge in [0.05, 0.1) is 17.9 Å². The topological polar surface area (TPSA) is 135 Å². The molecule has 0 bridgehead atoms. The highest BCUT2D eigenvalue weighted by Crippen LogP contribution is 2.41. The van der Waals surface area contributed by atoms with Gasteiger partial charge in [-0.1, -0.05) is 6.07 Å². The molecule has 0 atom stereocenters. The highest BCUT2D eigenvalue weighted by Gasteiger charge is 2.26. The Labute approximate surface area is 197 Å². The van der Waals surface area contributed by atoms with Crippen molar-refractivity contribution in [3.63, 3.8) is 0 Å². The number of hydrogen-bond donors (Lipinski definition) is 5. The summed E-state index contributed by atoms with van der Waals surface area (Å²) in [5.41, 5.74) is 9.20. The molecular weight excluding hydrogens is 436 g/mol. The van der Waals surface area contributed by atoms with Gasteiger partial charge in [0.2, 0.25) is 11.8 Å². The minimum absolute atomic E-state index is 0.0139. The van der Waals surface area contributed by atoms with E-state index in [2.05, 4.69) is 10.3 Å². The van der Waals surface area contributed by atoms with Crippen molar-refractivity contribution in [3.05, 3.63) is 47.5 Å². The quantitative estimate of drug-likeness (QED) is 0.342. The Hall–Kier alpha value is -3.59. The van der Waals surface area contributed by atoms with Crippen LogP contribution in [0.2, 0.25) is 0 Å². The van der Waals surface area contributed by atoms with Crippen LogP contribution >= 0.6 is 0 Å². The van der Waals surface area contributed by atoms with Crippen LogP contribution in [0.25, 0.3) is 11.3 Å². The number of phenols is 1. The molecule has 34 heavy (non-hydrogen) atoms. The van der Waals surface area contributed by atoms with Crippen molar-refractivity contribution in [2.24, 2.45) is 5.92 Å². The summed E-state index contributed by atoms with van der Waals surface area (Å²) in [7, 11) is 0. The number of aromatic nitrogens is 2. The van der Waals surface area contributed by atoms with Crippen LogP contribution in [-0.4, -0.2) is 44.7 Å². The molecule has 1 aromatic carbocycles. The number of phenolic OH excluding ortho intramolecular Hbond substituents is 1. The van der Waals surface area contributed by atoms with E-state index < -0.39 is 0 Å². The van der Waals surface area contributed by atoms with Gasteiger partial charge in [-0.25, -0.2) is 4.98 Å². The Bertz CT molecular complexity index is 1150. The molecule has 9 heteroatoms. The number of anilines is 1. The third-order valence-corrected chi connectivity index (χ3v) is 6.54. The second-order valence-electron chi connectivity index (χ2n) is 9.01. The Morgan fingerprint density at radius 1 is 1.03 bits per heavy atom. The van der Waals surface area contributed by atoms with Crippen molar-refractivity contribution < 1.29 is 24.9 Å². The molecule has 0 amide bonds. The van der Waals surface area contributed by atoms with Gasteiger partial charge in [0.1, 0.15) is 23.9 Å². The van der Waals surface area contributed by atoms with E-state index in [-0.39, 0.29) is 35.9 Å². The predicted octanol–water partition coefficient (Wildman–Crippen LogP) is 3.13. The fraction of sp³-hybridized carbons (Fsp3) is 0.400. The zero-order chi connectivity index (χ0) is 23.7. The molecule has 6 N–H and O–H groups in total. The molecule has 1 saturated heterocycles. The first kappa shape index (κ1) is 22.2. The summed E-state index contributed by atoms with van der Waals surface area (Å²) in [6, 6.07) is 9.87. The van der Waals surface area contributed by atoms with E-state index in [0.29, 0.717) is 35.1 Å². The van der Waals surface area contributed by atoms with E-state index >= 15 is 0 Å².